The van der Waals surface area contributed by atoms with Gasteiger partial charge in [-0.3, -0.25) is 9.11 Å². The van der Waals surface area contributed by atoms with Crippen LogP contribution in [0.15, 0.2) is 10.7 Å². The molecule has 0 aliphatic carbocycles. The van der Waals surface area contributed by atoms with E-state index in [1.807, 2.05) is 0 Å². The summed E-state index contributed by atoms with van der Waals surface area (Å²) in [6, 6.07) is 0. The molecule has 1 atom stereocenters. The highest BCUT2D eigenvalue weighted by Crippen LogP contribution is 2.42. The van der Waals surface area contributed by atoms with E-state index >= 15 is 0 Å². The zero-order chi connectivity index (χ0) is 19.5. The number of carbonyl (C=O) groups is 2. The van der Waals surface area contributed by atoms with Crippen LogP contribution in [-0.4, -0.2) is 82.5 Å². The smallest absolute Gasteiger partial charge is 0.375 e. The van der Waals surface area contributed by atoms with Crippen LogP contribution in [0.2, 0.25) is 0 Å². The summed E-state index contributed by atoms with van der Waals surface area (Å²) in [6.07, 6.45) is 0. The molecule has 0 radical (unpaired) electrons. The molecule has 0 saturated carbocycles. The molecule has 1 rings (SSSR count). The molecule has 1 aliphatic heterocycles. The topological polar surface area (TPSA) is 193 Å². The van der Waals surface area contributed by atoms with Gasteiger partial charge in [0.25, 0.3) is 25.8 Å². The molecule has 144 valence electrons. The standard InChI is InChI=1S/C10H14O11S4/c11-6-7(23-2-4-25(18,19)20)10(9(13)14,21-8(6)12)5-22-1-3-24(15,16)17/h11H,1-5H2,(H,13,14)(H,15,16,17)(H,18,19,20). The van der Waals surface area contributed by atoms with Crippen LogP contribution in [0.1, 0.15) is 0 Å². The number of carbonyl (C=O) groups excluding carboxylic acids is 1. The molecule has 1 aliphatic rings. The van der Waals surface area contributed by atoms with Gasteiger partial charge in [0.05, 0.1) is 16.4 Å². The number of esters is 1. The molecule has 0 spiro atoms. The predicted octanol–water partition coefficient (Wildman–Crippen LogP) is -0.622. The summed E-state index contributed by atoms with van der Waals surface area (Å²) in [5, 5.41) is 19.1. The minimum Gasteiger partial charge on any atom is -0.501 e. The monoisotopic (exact) mass is 438 g/mol. The maximum Gasteiger partial charge on any atom is 0.375 e. The molecule has 0 bridgehead atoms. The van der Waals surface area contributed by atoms with Crippen molar-refractivity contribution in [2.24, 2.45) is 0 Å². The highest BCUT2D eigenvalue weighted by atomic mass is 32.2. The van der Waals surface area contributed by atoms with Crippen LogP contribution >= 0.6 is 23.5 Å². The van der Waals surface area contributed by atoms with E-state index in [0.29, 0.717) is 11.8 Å². The number of ether oxygens (including phenoxy) is 1. The maximum atomic E-state index is 11.6. The quantitative estimate of drug-likeness (QED) is 0.192. The minimum absolute atomic E-state index is 0.213. The van der Waals surface area contributed by atoms with Gasteiger partial charge in [-0.2, -0.15) is 28.6 Å². The van der Waals surface area contributed by atoms with Crippen molar-refractivity contribution in [3.05, 3.63) is 10.7 Å². The molecular formula is C10H14O11S4. The molecule has 15 heteroatoms. The lowest BCUT2D eigenvalue weighted by Crippen LogP contribution is -2.43. The fourth-order valence-electron chi connectivity index (χ4n) is 1.65. The summed E-state index contributed by atoms with van der Waals surface area (Å²) >= 11 is 1.23. The third kappa shape index (κ3) is 6.34. The summed E-state index contributed by atoms with van der Waals surface area (Å²) in [5.41, 5.74) is -2.32. The van der Waals surface area contributed by atoms with Crippen molar-refractivity contribution in [3.63, 3.8) is 0 Å². The van der Waals surface area contributed by atoms with E-state index < -0.39 is 65.7 Å². The van der Waals surface area contributed by atoms with Crippen LogP contribution < -0.4 is 0 Å². The molecule has 0 aromatic heterocycles. The Morgan fingerprint density at radius 1 is 1.08 bits per heavy atom. The number of hydrogen-bond acceptors (Lipinski definition) is 10. The van der Waals surface area contributed by atoms with Crippen LogP contribution in [0.25, 0.3) is 0 Å². The van der Waals surface area contributed by atoms with Crippen molar-refractivity contribution in [2.75, 3.05) is 28.8 Å². The summed E-state index contributed by atoms with van der Waals surface area (Å²) in [6.45, 7) is 0. The number of carboxylic acids is 1. The Balaban J connectivity index is 2.94. The second-order valence-corrected chi connectivity index (χ2v) is 10.0. The van der Waals surface area contributed by atoms with E-state index in [9.17, 15) is 36.6 Å². The average Bonchev–Trinajstić information content (AvgIpc) is 2.67. The number of thioether (sulfide) groups is 2. The molecule has 25 heavy (non-hydrogen) atoms. The van der Waals surface area contributed by atoms with E-state index in [-0.39, 0.29) is 11.5 Å². The van der Waals surface area contributed by atoms with Crippen LogP contribution in [0.5, 0.6) is 0 Å². The molecular weight excluding hydrogens is 424 g/mol. The van der Waals surface area contributed by atoms with Crippen molar-refractivity contribution >= 4 is 55.7 Å². The lowest BCUT2D eigenvalue weighted by Gasteiger charge is -2.25. The molecule has 0 aromatic carbocycles. The van der Waals surface area contributed by atoms with Crippen molar-refractivity contribution in [3.8, 4) is 0 Å². The molecule has 4 N–H and O–H groups in total. The van der Waals surface area contributed by atoms with Gasteiger partial charge >= 0.3 is 11.9 Å². The predicted molar refractivity (Wildman–Crippen MR) is 88.7 cm³/mol. The number of cyclic esters (lactones) is 1. The number of aliphatic hydroxyl groups excluding tert-OH is 1. The maximum absolute atomic E-state index is 11.6. The highest BCUT2D eigenvalue weighted by Gasteiger charge is 2.54. The average molecular weight is 438 g/mol. The molecule has 0 aromatic rings. The van der Waals surface area contributed by atoms with E-state index in [0.717, 1.165) is 11.8 Å². The summed E-state index contributed by atoms with van der Waals surface area (Å²) < 4.78 is 64.8. The lowest BCUT2D eigenvalue weighted by atomic mass is 10.1. The second kappa shape index (κ2) is 8.13. The Kier molecular flexibility index (Phi) is 7.17. The fraction of sp³-hybridized carbons (Fsp3) is 0.600. The van der Waals surface area contributed by atoms with Gasteiger partial charge < -0.3 is 14.9 Å². The van der Waals surface area contributed by atoms with Gasteiger partial charge in [-0.1, -0.05) is 0 Å². The zero-order valence-electron chi connectivity index (χ0n) is 12.3. The van der Waals surface area contributed by atoms with Crippen molar-refractivity contribution in [1.82, 2.24) is 0 Å². The van der Waals surface area contributed by atoms with Gasteiger partial charge in [0.1, 0.15) is 0 Å². The van der Waals surface area contributed by atoms with E-state index in [4.69, 9.17) is 13.8 Å². The molecule has 0 fully saturated rings. The van der Waals surface area contributed by atoms with E-state index in [1.54, 1.807) is 0 Å². The first-order valence-corrected chi connectivity index (χ1v) is 11.7. The number of rotatable bonds is 10. The number of hydrogen-bond donors (Lipinski definition) is 4. The van der Waals surface area contributed by atoms with E-state index in [2.05, 4.69) is 0 Å². The Morgan fingerprint density at radius 3 is 2.08 bits per heavy atom. The van der Waals surface area contributed by atoms with Gasteiger partial charge in [-0.15, -0.1) is 11.8 Å². The third-order valence-corrected chi connectivity index (χ3v) is 7.05. The van der Waals surface area contributed by atoms with Crippen molar-refractivity contribution in [1.29, 1.82) is 0 Å². The summed E-state index contributed by atoms with van der Waals surface area (Å²) in [5.74, 6) is -6.46. The normalized spacial score (nSPS) is 21.4. The Bertz CT molecular complexity index is 782. The first-order valence-electron chi connectivity index (χ1n) is 6.30. The van der Waals surface area contributed by atoms with Gasteiger partial charge in [0.15, 0.2) is 0 Å². The molecule has 1 heterocycles. The lowest BCUT2D eigenvalue weighted by molar-refractivity contribution is -0.165. The molecule has 11 nitrogen and oxygen atoms in total. The Labute approximate surface area is 151 Å². The van der Waals surface area contributed by atoms with E-state index in [1.165, 1.54) is 0 Å². The van der Waals surface area contributed by atoms with Gasteiger partial charge in [0, 0.05) is 17.3 Å². The Hall–Kier alpha value is -1.00. The molecule has 0 saturated heterocycles. The third-order valence-electron chi connectivity index (χ3n) is 2.77. The number of carboxylic acid groups (broad SMARTS) is 1. The molecule has 1 unspecified atom stereocenters. The van der Waals surface area contributed by atoms with Crippen LogP contribution in [-0.2, 0) is 34.6 Å². The van der Waals surface area contributed by atoms with Gasteiger partial charge in [0.2, 0.25) is 5.76 Å². The van der Waals surface area contributed by atoms with Crippen molar-refractivity contribution in [2.45, 2.75) is 5.60 Å². The SMILES string of the molecule is O=C1OC(CSCCS(=O)(=O)O)(C(=O)O)C(SCCS(=O)(=O)O)=C1O. The van der Waals surface area contributed by atoms with Crippen LogP contribution in [0.4, 0.5) is 0 Å². The van der Waals surface area contributed by atoms with Crippen LogP contribution in [0, 0.1) is 0 Å². The number of aliphatic hydroxyl groups is 1. The molecule has 0 amide bonds. The van der Waals surface area contributed by atoms with Gasteiger partial charge in [-0.25, -0.2) is 9.59 Å². The van der Waals surface area contributed by atoms with Gasteiger partial charge in [-0.05, 0) is 0 Å². The summed E-state index contributed by atoms with van der Waals surface area (Å²) in [7, 11) is -8.60. The number of aliphatic carboxylic acids is 1. The fourth-order valence-corrected chi connectivity index (χ4v) is 5.85. The Morgan fingerprint density at radius 2 is 1.60 bits per heavy atom. The first kappa shape index (κ1) is 22.0. The van der Waals surface area contributed by atoms with Crippen molar-refractivity contribution < 1.29 is 50.5 Å². The van der Waals surface area contributed by atoms with Crippen LogP contribution in [0.3, 0.4) is 0 Å². The second-order valence-electron chi connectivity index (χ2n) is 4.67. The minimum atomic E-state index is -4.34. The zero-order valence-corrected chi connectivity index (χ0v) is 15.6. The largest absolute Gasteiger partial charge is 0.501 e. The highest BCUT2D eigenvalue weighted by molar-refractivity contribution is 8.04. The first-order chi connectivity index (χ1) is 11.3. The summed E-state index contributed by atoms with van der Waals surface area (Å²) in [4.78, 5) is 22.7.